The van der Waals surface area contributed by atoms with Gasteiger partial charge in [0.1, 0.15) is 11.3 Å². The van der Waals surface area contributed by atoms with Crippen molar-refractivity contribution in [2.75, 3.05) is 31.6 Å². The number of carboxylic acids is 1. The number of hydrogen-bond acceptors (Lipinski definition) is 4. The number of benzene rings is 1. The Balaban J connectivity index is 2.27. The topological polar surface area (TPSA) is 61.8 Å². The summed E-state index contributed by atoms with van der Waals surface area (Å²) in [6.45, 7) is 3.56. The van der Waals surface area contributed by atoms with E-state index in [1.807, 2.05) is 24.3 Å². The highest BCUT2D eigenvalue weighted by Crippen LogP contribution is 2.31. The molecule has 0 bridgehead atoms. The van der Waals surface area contributed by atoms with Crippen LogP contribution in [0, 0.1) is 0 Å². The number of carboxylic acid groups (broad SMARTS) is 1. The Kier molecular flexibility index (Phi) is 3.95. The van der Waals surface area contributed by atoms with Gasteiger partial charge in [0.2, 0.25) is 0 Å². The first-order valence-electron chi connectivity index (χ1n) is 6.46. The van der Waals surface area contributed by atoms with Crippen LogP contribution in [0.3, 0.4) is 0 Å². The van der Waals surface area contributed by atoms with Gasteiger partial charge in [-0.25, -0.2) is 0 Å². The van der Waals surface area contributed by atoms with Gasteiger partial charge in [-0.2, -0.15) is 0 Å². The van der Waals surface area contributed by atoms with Crippen LogP contribution in [0.25, 0.3) is 0 Å². The van der Waals surface area contributed by atoms with Crippen molar-refractivity contribution < 1.29 is 14.6 Å². The van der Waals surface area contributed by atoms with Crippen LogP contribution in [0.15, 0.2) is 24.3 Å². The molecule has 0 saturated heterocycles. The van der Waals surface area contributed by atoms with Crippen LogP contribution >= 0.6 is 0 Å². The zero-order valence-electron chi connectivity index (χ0n) is 11.3. The summed E-state index contributed by atoms with van der Waals surface area (Å²) in [5.41, 5.74) is -0.0139. The molecule has 104 valence electrons. The van der Waals surface area contributed by atoms with E-state index in [1.165, 1.54) is 0 Å². The molecule has 0 radical (unpaired) electrons. The summed E-state index contributed by atoms with van der Waals surface area (Å²) in [4.78, 5) is 13.5. The summed E-state index contributed by atoms with van der Waals surface area (Å²) in [5, 5.41) is 12.3. The number of nitrogens with one attached hydrogen (secondary N) is 1. The van der Waals surface area contributed by atoms with Crippen LogP contribution in [0.5, 0.6) is 5.75 Å². The fourth-order valence-corrected chi connectivity index (χ4v) is 2.20. The number of fused-ring (bicyclic) bond motifs is 1. The fourth-order valence-electron chi connectivity index (χ4n) is 2.20. The van der Waals surface area contributed by atoms with E-state index >= 15 is 0 Å². The first kappa shape index (κ1) is 13.7. The number of hydrogen-bond donors (Lipinski definition) is 2. The Morgan fingerprint density at radius 1 is 1.53 bits per heavy atom. The third-order valence-electron chi connectivity index (χ3n) is 3.57. The third-order valence-corrected chi connectivity index (χ3v) is 3.57. The van der Waals surface area contributed by atoms with Crippen LogP contribution in [-0.4, -0.2) is 43.4 Å². The predicted molar refractivity (Wildman–Crippen MR) is 73.9 cm³/mol. The molecule has 0 fully saturated rings. The minimum absolute atomic E-state index is 0.402. The molecule has 5 nitrogen and oxygen atoms in total. The highest BCUT2D eigenvalue weighted by Gasteiger charge is 2.34. The summed E-state index contributed by atoms with van der Waals surface area (Å²) in [6, 6.07) is 7.76. The van der Waals surface area contributed by atoms with Crippen LogP contribution in [0.4, 0.5) is 5.69 Å². The van der Waals surface area contributed by atoms with Crippen LogP contribution in [-0.2, 0) is 4.79 Å². The lowest BCUT2D eigenvalue weighted by Gasteiger charge is -2.33. The summed E-state index contributed by atoms with van der Waals surface area (Å²) >= 11 is 0. The first-order chi connectivity index (χ1) is 9.07. The van der Waals surface area contributed by atoms with Gasteiger partial charge in [-0.05, 0) is 32.5 Å². The summed E-state index contributed by atoms with van der Waals surface area (Å²) in [6.07, 6.45) is 0.883. The number of anilines is 1. The Morgan fingerprint density at radius 2 is 2.26 bits per heavy atom. The maximum atomic E-state index is 11.4. The maximum Gasteiger partial charge on any atom is 0.325 e. The highest BCUT2D eigenvalue weighted by atomic mass is 16.5. The molecule has 19 heavy (non-hydrogen) atoms. The molecular weight excluding hydrogens is 244 g/mol. The standard InChI is InChI=1S/C14H20N2O3/c1-14(15-2,13(17)18)10-16-8-5-9-19-12-7-4-3-6-11(12)16/h3-4,6-7,15H,5,8-10H2,1-2H3,(H,17,18). The van der Waals surface area contributed by atoms with Crippen LogP contribution in [0.2, 0.25) is 0 Å². The van der Waals surface area contributed by atoms with Crippen molar-refractivity contribution in [2.45, 2.75) is 18.9 Å². The molecule has 1 unspecified atom stereocenters. The van der Waals surface area contributed by atoms with E-state index in [2.05, 4.69) is 10.2 Å². The van der Waals surface area contributed by atoms with Crippen molar-refractivity contribution in [3.63, 3.8) is 0 Å². The number of ether oxygens (including phenoxy) is 1. The van der Waals surface area contributed by atoms with Gasteiger partial charge in [-0.15, -0.1) is 0 Å². The number of carbonyl (C=O) groups is 1. The molecule has 1 aliphatic rings. The van der Waals surface area contributed by atoms with E-state index < -0.39 is 11.5 Å². The summed E-state index contributed by atoms with van der Waals surface area (Å²) < 4.78 is 5.68. The molecule has 2 rings (SSSR count). The van der Waals surface area contributed by atoms with E-state index in [1.54, 1.807) is 14.0 Å². The third kappa shape index (κ3) is 2.81. The zero-order chi connectivity index (χ0) is 13.9. The smallest absolute Gasteiger partial charge is 0.325 e. The molecule has 1 aromatic rings. The largest absolute Gasteiger partial charge is 0.491 e. The monoisotopic (exact) mass is 264 g/mol. The quantitative estimate of drug-likeness (QED) is 0.859. The second-order valence-corrected chi connectivity index (χ2v) is 4.98. The lowest BCUT2D eigenvalue weighted by Crippen LogP contribution is -2.55. The van der Waals surface area contributed by atoms with Gasteiger partial charge in [0.15, 0.2) is 0 Å². The van der Waals surface area contributed by atoms with E-state index in [-0.39, 0.29) is 0 Å². The molecule has 2 N–H and O–H groups in total. The van der Waals surface area contributed by atoms with Crippen molar-refractivity contribution in [2.24, 2.45) is 0 Å². The predicted octanol–water partition coefficient (Wildman–Crippen LogP) is 1.34. The van der Waals surface area contributed by atoms with Gasteiger partial charge < -0.3 is 20.1 Å². The number of rotatable bonds is 4. The molecule has 1 aromatic carbocycles. The Hall–Kier alpha value is -1.75. The summed E-state index contributed by atoms with van der Waals surface area (Å²) in [7, 11) is 1.67. The average molecular weight is 264 g/mol. The van der Waals surface area contributed by atoms with Crippen LogP contribution in [0.1, 0.15) is 13.3 Å². The van der Waals surface area contributed by atoms with Gasteiger partial charge in [0.05, 0.1) is 12.3 Å². The van der Waals surface area contributed by atoms with Crippen molar-refractivity contribution in [1.82, 2.24) is 5.32 Å². The number of likely N-dealkylation sites (N-methyl/N-ethyl adjacent to an activating group) is 1. The Bertz CT molecular complexity index is 464. The number of aliphatic carboxylic acids is 1. The van der Waals surface area contributed by atoms with E-state index in [9.17, 15) is 9.90 Å². The van der Waals surface area contributed by atoms with Crippen LogP contribution < -0.4 is 15.0 Å². The van der Waals surface area contributed by atoms with Crippen molar-refractivity contribution in [3.05, 3.63) is 24.3 Å². The van der Waals surface area contributed by atoms with E-state index in [4.69, 9.17) is 4.74 Å². The molecule has 0 saturated carbocycles. The number of nitrogens with zero attached hydrogens (tertiary/aromatic N) is 1. The zero-order valence-corrected chi connectivity index (χ0v) is 11.3. The van der Waals surface area contributed by atoms with E-state index in [0.29, 0.717) is 13.2 Å². The van der Waals surface area contributed by atoms with E-state index in [0.717, 1.165) is 24.4 Å². The normalized spacial score (nSPS) is 17.9. The molecule has 0 amide bonds. The van der Waals surface area contributed by atoms with Gasteiger partial charge in [0.25, 0.3) is 0 Å². The van der Waals surface area contributed by atoms with Gasteiger partial charge in [0, 0.05) is 13.1 Å². The average Bonchev–Trinajstić information content (AvgIpc) is 2.61. The minimum Gasteiger partial charge on any atom is -0.491 e. The van der Waals surface area contributed by atoms with Gasteiger partial charge in [-0.3, -0.25) is 4.79 Å². The van der Waals surface area contributed by atoms with Gasteiger partial charge >= 0.3 is 5.97 Å². The molecule has 0 aromatic heterocycles. The minimum atomic E-state index is -0.975. The fraction of sp³-hybridized carbons (Fsp3) is 0.500. The molecule has 1 atom stereocenters. The maximum absolute atomic E-state index is 11.4. The molecule has 5 heteroatoms. The molecule has 0 spiro atoms. The SMILES string of the molecule is CNC(C)(CN1CCCOc2ccccc21)C(=O)O. The molecule has 1 heterocycles. The molecule has 0 aliphatic carbocycles. The van der Waals surface area contributed by atoms with Gasteiger partial charge in [-0.1, -0.05) is 12.1 Å². The summed E-state index contributed by atoms with van der Waals surface area (Å²) in [5.74, 6) is -0.0264. The molecule has 1 aliphatic heterocycles. The number of para-hydroxylation sites is 2. The second-order valence-electron chi connectivity index (χ2n) is 4.98. The second kappa shape index (κ2) is 5.48. The Labute approximate surface area is 113 Å². The lowest BCUT2D eigenvalue weighted by atomic mass is 10.0. The van der Waals surface area contributed by atoms with Crippen molar-refractivity contribution in [3.8, 4) is 5.75 Å². The highest BCUT2D eigenvalue weighted by molar-refractivity contribution is 5.79. The Morgan fingerprint density at radius 3 is 2.95 bits per heavy atom. The molecular formula is C14H20N2O3. The first-order valence-corrected chi connectivity index (χ1v) is 6.46. The lowest BCUT2D eigenvalue weighted by molar-refractivity contribution is -0.143. The van der Waals surface area contributed by atoms with Crippen molar-refractivity contribution in [1.29, 1.82) is 0 Å². The van der Waals surface area contributed by atoms with Crippen molar-refractivity contribution >= 4 is 11.7 Å².